The first-order chi connectivity index (χ1) is 11.2. The molecule has 24 heavy (non-hydrogen) atoms. The van der Waals surface area contributed by atoms with Gasteiger partial charge in [0.15, 0.2) is 5.96 Å². The minimum absolute atomic E-state index is 0. The van der Waals surface area contributed by atoms with Crippen LogP contribution in [0.25, 0.3) is 0 Å². The quantitative estimate of drug-likeness (QED) is 0.361. The standard InChI is InChI=1S/C17H34N4O2.HI/c1-3-18-17(21-10-6-16(22)7-11-21)19-14-15-4-8-20(9-5-15)12-13-23-2;/h15-16,22H,3-14H2,1-2H3,(H,18,19);1H. The van der Waals surface area contributed by atoms with E-state index in [1.54, 1.807) is 7.11 Å². The average Bonchev–Trinajstić information content (AvgIpc) is 2.58. The lowest BCUT2D eigenvalue weighted by Crippen LogP contribution is -2.47. The van der Waals surface area contributed by atoms with Crippen LogP contribution in [-0.2, 0) is 4.74 Å². The summed E-state index contributed by atoms with van der Waals surface area (Å²) in [6, 6.07) is 0. The third-order valence-corrected chi connectivity index (χ3v) is 4.92. The molecule has 0 aromatic rings. The van der Waals surface area contributed by atoms with Gasteiger partial charge in [-0.15, -0.1) is 24.0 Å². The highest BCUT2D eigenvalue weighted by molar-refractivity contribution is 14.0. The van der Waals surface area contributed by atoms with Crippen LogP contribution in [0, 0.1) is 5.92 Å². The van der Waals surface area contributed by atoms with Gasteiger partial charge in [0.05, 0.1) is 12.7 Å². The summed E-state index contributed by atoms with van der Waals surface area (Å²) in [5.41, 5.74) is 0. The molecule has 2 fully saturated rings. The summed E-state index contributed by atoms with van der Waals surface area (Å²) in [5, 5.41) is 13.1. The van der Waals surface area contributed by atoms with Crippen molar-refractivity contribution in [1.29, 1.82) is 0 Å². The minimum Gasteiger partial charge on any atom is -0.393 e. The monoisotopic (exact) mass is 454 g/mol. The second-order valence-corrected chi connectivity index (χ2v) is 6.69. The number of aliphatic imine (C=N–C) groups is 1. The van der Waals surface area contributed by atoms with Crippen molar-refractivity contribution in [3.8, 4) is 0 Å². The van der Waals surface area contributed by atoms with Crippen molar-refractivity contribution in [2.45, 2.75) is 38.7 Å². The molecule has 7 heteroatoms. The van der Waals surface area contributed by atoms with Gasteiger partial charge in [-0.1, -0.05) is 0 Å². The Hall–Kier alpha value is -0.120. The van der Waals surface area contributed by atoms with E-state index in [4.69, 9.17) is 9.73 Å². The first-order valence-electron chi connectivity index (χ1n) is 9.15. The van der Waals surface area contributed by atoms with Crippen molar-refractivity contribution in [1.82, 2.24) is 15.1 Å². The summed E-state index contributed by atoms with van der Waals surface area (Å²) in [7, 11) is 1.77. The molecule has 142 valence electrons. The summed E-state index contributed by atoms with van der Waals surface area (Å²) in [4.78, 5) is 9.66. The maximum absolute atomic E-state index is 9.66. The Kier molecular flexibility index (Phi) is 11.2. The number of nitrogens with zero attached hydrogens (tertiary/aromatic N) is 3. The molecule has 0 aromatic heterocycles. The SMILES string of the molecule is CCNC(=NCC1CCN(CCOC)CC1)N1CCC(O)CC1.I. The predicted octanol–water partition coefficient (Wildman–Crippen LogP) is 1.39. The summed E-state index contributed by atoms with van der Waals surface area (Å²) < 4.78 is 5.16. The molecule has 6 nitrogen and oxygen atoms in total. The highest BCUT2D eigenvalue weighted by Gasteiger charge is 2.21. The van der Waals surface area contributed by atoms with Gasteiger partial charge in [-0.3, -0.25) is 4.99 Å². The van der Waals surface area contributed by atoms with Gasteiger partial charge in [-0.25, -0.2) is 0 Å². The molecule has 2 aliphatic heterocycles. The van der Waals surface area contributed by atoms with Gasteiger partial charge in [0.1, 0.15) is 0 Å². The molecule has 0 unspecified atom stereocenters. The Morgan fingerprint density at radius 2 is 1.83 bits per heavy atom. The molecule has 0 radical (unpaired) electrons. The van der Waals surface area contributed by atoms with Gasteiger partial charge in [0.25, 0.3) is 0 Å². The normalized spacial score (nSPS) is 21.6. The minimum atomic E-state index is -0.134. The number of nitrogens with one attached hydrogen (secondary N) is 1. The Balaban J connectivity index is 0.00000288. The van der Waals surface area contributed by atoms with Crippen LogP contribution < -0.4 is 5.32 Å². The van der Waals surface area contributed by atoms with E-state index in [9.17, 15) is 5.11 Å². The van der Waals surface area contributed by atoms with Crippen molar-refractivity contribution in [3.63, 3.8) is 0 Å². The van der Waals surface area contributed by atoms with E-state index in [-0.39, 0.29) is 30.1 Å². The van der Waals surface area contributed by atoms with E-state index in [0.717, 1.165) is 71.2 Å². The Labute approximate surface area is 164 Å². The number of guanidine groups is 1. The number of aliphatic hydroxyl groups excluding tert-OH is 1. The molecule has 0 aromatic carbocycles. The van der Waals surface area contributed by atoms with Gasteiger partial charge in [0, 0.05) is 39.8 Å². The van der Waals surface area contributed by atoms with Crippen LogP contribution in [0.15, 0.2) is 4.99 Å². The van der Waals surface area contributed by atoms with Crippen LogP contribution in [0.2, 0.25) is 0 Å². The van der Waals surface area contributed by atoms with Crippen LogP contribution in [0.3, 0.4) is 0 Å². The van der Waals surface area contributed by atoms with Gasteiger partial charge < -0.3 is 25.0 Å². The molecule has 2 saturated heterocycles. The predicted molar refractivity (Wildman–Crippen MR) is 109 cm³/mol. The van der Waals surface area contributed by atoms with E-state index < -0.39 is 0 Å². The fraction of sp³-hybridized carbons (Fsp3) is 0.941. The van der Waals surface area contributed by atoms with Crippen LogP contribution in [0.4, 0.5) is 0 Å². The number of ether oxygens (including phenoxy) is 1. The van der Waals surface area contributed by atoms with Crippen LogP contribution >= 0.6 is 24.0 Å². The summed E-state index contributed by atoms with van der Waals surface area (Å²) in [6.07, 6.45) is 4.02. The van der Waals surface area contributed by atoms with E-state index in [1.807, 2.05) is 0 Å². The molecule has 2 N–H and O–H groups in total. The van der Waals surface area contributed by atoms with E-state index in [0.29, 0.717) is 5.92 Å². The van der Waals surface area contributed by atoms with Crippen molar-refractivity contribution in [2.24, 2.45) is 10.9 Å². The number of hydrogen-bond donors (Lipinski definition) is 2. The second-order valence-electron chi connectivity index (χ2n) is 6.69. The number of halogens is 1. The highest BCUT2D eigenvalue weighted by Crippen LogP contribution is 2.18. The van der Waals surface area contributed by atoms with Crippen molar-refractivity contribution in [2.75, 3.05) is 59.5 Å². The number of rotatable bonds is 6. The zero-order valence-electron chi connectivity index (χ0n) is 15.2. The topological polar surface area (TPSA) is 60.3 Å². The maximum Gasteiger partial charge on any atom is 0.193 e. The van der Waals surface area contributed by atoms with Gasteiger partial charge in [-0.05, 0) is 51.6 Å². The lowest BCUT2D eigenvalue weighted by Gasteiger charge is -2.33. The molecule has 0 bridgehead atoms. The summed E-state index contributed by atoms with van der Waals surface area (Å²) >= 11 is 0. The van der Waals surface area contributed by atoms with Gasteiger partial charge >= 0.3 is 0 Å². The maximum atomic E-state index is 9.66. The van der Waals surface area contributed by atoms with Crippen molar-refractivity contribution >= 4 is 29.9 Å². The Morgan fingerprint density at radius 1 is 1.17 bits per heavy atom. The molecule has 0 aliphatic carbocycles. The third-order valence-electron chi connectivity index (χ3n) is 4.92. The lowest BCUT2D eigenvalue weighted by atomic mass is 9.97. The van der Waals surface area contributed by atoms with E-state index in [1.165, 1.54) is 12.8 Å². The molecule has 2 heterocycles. The Morgan fingerprint density at radius 3 is 2.42 bits per heavy atom. The van der Waals surface area contributed by atoms with Crippen LogP contribution in [-0.4, -0.2) is 86.5 Å². The molecule has 0 amide bonds. The number of likely N-dealkylation sites (tertiary alicyclic amines) is 2. The molecule has 0 spiro atoms. The molecular weight excluding hydrogens is 419 g/mol. The van der Waals surface area contributed by atoms with E-state index in [2.05, 4.69) is 22.0 Å². The summed E-state index contributed by atoms with van der Waals surface area (Å²) in [5.74, 6) is 1.72. The Bertz CT molecular complexity index is 354. The first kappa shape index (κ1) is 21.9. The molecule has 2 rings (SSSR count). The average molecular weight is 454 g/mol. The zero-order chi connectivity index (χ0) is 16.5. The fourth-order valence-electron chi connectivity index (χ4n) is 3.33. The number of hydrogen-bond acceptors (Lipinski definition) is 4. The molecular formula is C17H35IN4O2. The molecule has 0 saturated carbocycles. The zero-order valence-corrected chi connectivity index (χ0v) is 17.6. The number of aliphatic hydroxyl groups is 1. The third kappa shape index (κ3) is 7.41. The first-order valence-corrected chi connectivity index (χ1v) is 9.15. The van der Waals surface area contributed by atoms with Crippen molar-refractivity contribution < 1.29 is 9.84 Å². The van der Waals surface area contributed by atoms with Crippen LogP contribution in [0.1, 0.15) is 32.6 Å². The summed E-state index contributed by atoms with van der Waals surface area (Å²) in [6.45, 7) is 9.94. The smallest absolute Gasteiger partial charge is 0.193 e. The second kappa shape index (κ2) is 12.3. The van der Waals surface area contributed by atoms with Gasteiger partial charge in [-0.2, -0.15) is 0 Å². The van der Waals surface area contributed by atoms with Gasteiger partial charge in [0.2, 0.25) is 0 Å². The largest absolute Gasteiger partial charge is 0.393 e. The highest BCUT2D eigenvalue weighted by atomic mass is 127. The fourth-order valence-corrected chi connectivity index (χ4v) is 3.33. The number of piperidine rings is 2. The number of methoxy groups -OCH3 is 1. The van der Waals surface area contributed by atoms with Crippen LogP contribution in [0.5, 0.6) is 0 Å². The van der Waals surface area contributed by atoms with Crippen molar-refractivity contribution in [3.05, 3.63) is 0 Å². The molecule has 0 atom stereocenters. The lowest BCUT2D eigenvalue weighted by molar-refractivity contribution is 0.107. The molecule has 2 aliphatic rings. The van der Waals surface area contributed by atoms with E-state index >= 15 is 0 Å².